The van der Waals surface area contributed by atoms with Crippen molar-refractivity contribution in [3.8, 4) is 0 Å². The second kappa shape index (κ2) is 7.45. The van der Waals surface area contributed by atoms with Crippen molar-refractivity contribution in [3.63, 3.8) is 0 Å². The van der Waals surface area contributed by atoms with Crippen LogP contribution in [0, 0.1) is 5.92 Å². The molecule has 1 aromatic rings. The molecule has 1 fully saturated rings. The Hall–Kier alpha value is -0.820. The Morgan fingerprint density at radius 3 is 2.86 bits per heavy atom. The Morgan fingerprint density at radius 1 is 1.33 bits per heavy atom. The van der Waals surface area contributed by atoms with Crippen molar-refractivity contribution in [3.05, 3.63) is 29.8 Å². The predicted octanol–water partition coefficient (Wildman–Crippen LogP) is 2.19. The fourth-order valence-corrected chi connectivity index (χ4v) is 3.28. The molecule has 1 N–H and O–H groups in total. The Labute approximate surface area is 144 Å². The number of fused-ring (bicyclic) bond motifs is 1. The average molecular weight is 400 g/mol. The van der Waals surface area contributed by atoms with Gasteiger partial charge in [-0.2, -0.15) is 0 Å². The summed E-state index contributed by atoms with van der Waals surface area (Å²) in [4.78, 5) is 9.18. The largest absolute Gasteiger partial charge is 0.356 e. The minimum Gasteiger partial charge on any atom is -0.356 e. The average Bonchev–Trinajstić information content (AvgIpc) is 3.07. The molecule has 1 aromatic carbocycles. The number of benzene rings is 1. The van der Waals surface area contributed by atoms with E-state index in [0.717, 1.165) is 31.4 Å². The van der Waals surface area contributed by atoms with Crippen molar-refractivity contribution < 1.29 is 0 Å². The molecule has 5 heteroatoms. The smallest absolute Gasteiger partial charge is 0.198 e. The molecule has 2 aliphatic heterocycles. The third-order valence-corrected chi connectivity index (χ3v) is 4.39. The van der Waals surface area contributed by atoms with Gasteiger partial charge in [-0.1, -0.05) is 18.2 Å². The van der Waals surface area contributed by atoms with Crippen molar-refractivity contribution >= 4 is 35.6 Å². The van der Waals surface area contributed by atoms with E-state index in [1.807, 2.05) is 7.05 Å². The summed E-state index contributed by atoms with van der Waals surface area (Å²) < 4.78 is 0. The van der Waals surface area contributed by atoms with E-state index in [4.69, 9.17) is 0 Å². The molecule has 0 amide bonds. The normalized spacial score (nSPS) is 22.1. The molecule has 2 aliphatic rings. The third-order valence-electron chi connectivity index (χ3n) is 4.39. The fourth-order valence-electron chi connectivity index (χ4n) is 3.28. The number of hydrogen-bond acceptors (Lipinski definition) is 2. The lowest BCUT2D eigenvalue weighted by Gasteiger charge is -2.23. The molecule has 116 valence electrons. The van der Waals surface area contributed by atoms with Crippen LogP contribution in [-0.2, 0) is 6.42 Å². The maximum atomic E-state index is 4.47. The molecule has 0 aliphatic carbocycles. The predicted molar refractivity (Wildman–Crippen MR) is 99.9 cm³/mol. The molecular weight excluding hydrogens is 375 g/mol. The first-order valence-corrected chi connectivity index (χ1v) is 7.52. The molecule has 2 heterocycles. The Morgan fingerprint density at radius 2 is 2.14 bits per heavy atom. The number of rotatable bonds is 2. The highest BCUT2D eigenvalue weighted by atomic mass is 127. The number of likely N-dealkylation sites (tertiary alicyclic amines) is 1. The van der Waals surface area contributed by atoms with E-state index >= 15 is 0 Å². The lowest BCUT2D eigenvalue weighted by atomic mass is 10.1. The zero-order valence-electron chi connectivity index (χ0n) is 12.9. The lowest BCUT2D eigenvalue weighted by molar-refractivity contribution is 0.394. The third kappa shape index (κ3) is 3.69. The first-order valence-electron chi connectivity index (χ1n) is 7.52. The fraction of sp³-hybridized carbons (Fsp3) is 0.562. The van der Waals surface area contributed by atoms with E-state index in [0.29, 0.717) is 0 Å². The van der Waals surface area contributed by atoms with Crippen LogP contribution in [0.3, 0.4) is 0 Å². The van der Waals surface area contributed by atoms with Crippen LogP contribution in [0.1, 0.15) is 12.0 Å². The van der Waals surface area contributed by atoms with Crippen molar-refractivity contribution in [2.24, 2.45) is 10.9 Å². The van der Waals surface area contributed by atoms with Gasteiger partial charge in [-0.15, -0.1) is 24.0 Å². The number of guanidine groups is 1. The van der Waals surface area contributed by atoms with Gasteiger partial charge >= 0.3 is 0 Å². The van der Waals surface area contributed by atoms with Crippen LogP contribution in [0.25, 0.3) is 0 Å². The summed E-state index contributed by atoms with van der Waals surface area (Å²) in [6.07, 6.45) is 2.40. The standard InChI is InChI=1S/C16H24N4.HI/c1-17-16(18-11-13-7-9-19(2)12-13)20-10-8-14-5-3-4-6-15(14)20;/h3-6,13H,7-12H2,1-2H3,(H,17,18);1H. The Kier molecular flexibility index (Phi) is 5.87. The van der Waals surface area contributed by atoms with Crippen molar-refractivity contribution in [2.75, 3.05) is 45.2 Å². The van der Waals surface area contributed by atoms with Gasteiger partial charge in [0.1, 0.15) is 0 Å². The van der Waals surface area contributed by atoms with Crippen LogP contribution in [0.5, 0.6) is 0 Å². The first-order chi connectivity index (χ1) is 9.78. The molecule has 1 saturated heterocycles. The summed E-state index contributed by atoms with van der Waals surface area (Å²) in [6.45, 7) is 4.47. The summed E-state index contributed by atoms with van der Waals surface area (Å²) in [5, 5.41) is 3.56. The summed E-state index contributed by atoms with van der Waals surface area (Å²) in [7, 11) is 4.08. The quantitative estimate of drug-likeness (QED) is 0.469. The summed E-state index contributed by atoms with van der Waals surface area (Å²) in [5.41, 5.74) is 2.74. The molecule has 1 unspecified atom stereocenters. The van der Waals surface area contributed by atoms with E-state index in [-0.39, 0.29) is 24.0 Å². The van der Waals surface area contributed by atoms with Crippen LogP contribution in [0.15, 0.2) is 29.3 Å². The van der Waals surface area contributed by atoms with Crippen LogP contribution < -0.4 is 10.2 Å². The minimum atomic E-state index is 0. The minimum absolute atomic E-state index is 0. The zero-order valence-corrected chi connectivity index (χ0v) is 15.2. The van der Waals surface area contributed by atoms with Gasteiger partial charge in [-0.3, -0.25) is 4.99 Å². The molecule has 0 aromatic heterocycles. The van der Waals surface area contributed by atoms with Gasteiger partial charge in [0.05, 0.1) is 0 Å². The molecule has 21 heavy (non-hydrogen) atoms. The maximum Gasteiger partial charge on any atom is 0.198 e. The second-order valence-electron chi connectivity index (χ2n) is 5.88. The summed E-state index contributed by atoms with van der Waals surface area (Å²) >= 11 is 0. The Bertz CT molecular complexity index is 503. The van der Waals surface area contributed by atoms with Gasteiger partial charge in [-0.25, -0.2) is 0 Å². The maximum absolute atomic E-state index is 4.47. The van der Waals surface area contributed by atoms with E-state index in [9.17, 15) is 0 Å². The highest BCUT2D eigenvalue weighted by Crippen LogP contribution is 2.27. The number of para-hydroxylation sites is 1. The first kappa shape index (κ1) is 16.5. The molecule has 1 atom stereocenters. The van der Waals surface area contributed by atoms with Crippen molar-refractivity contribution in [1.29, 1.82) is 0 Å². The summed E-state index contributed by atoms with van der Waals surface area (Å²) in [5.74, 6) is 1.76. The molecular formula is C16H25IN4. The lowest BCUT2D eigenvalue weighted by Crippen LogP contribution is -2.42. The molecule has 0 saturated carbocycles. The Balaban J connectivity index is 0.00000161. The molecule has 4 nitrogen and oxygen atoms in total. The van der Waals surface area contributed by atoms with Gasteiger partial charge in [0.25, 0.3) is 0 Å². The number of nitrogens with one attached hydrogen (secondary N) is 1. The number of nitrogens with zero attached hydrogens (tertiary/aromatic N) is 3. The van der Waals surface area contributed by atoms with Gasteiger partial charge in [0, 0.05) is 32.4 Å². The van der Waals surface area contributed by atoms with E-state index in [1.165, 1.54) is 30.8 Å². The second-order valence-corrected chi connectivity index (χ2v) is 5.88. The van der Waals surface area contributed by atoms with E-state index in [1.54, 1.807) is 0 Å². The van der Waals surface area contributed by atoms with E-state index < -0.39 is 0 Å². The number of halogens is 1. The van der Waals surface area contributed by atoms with Gasteiger partial charge in [0.15, 0.2) is 5.96 Å². The van der Waals surface area contributed by atoms with Crippen molar-refractivity contribution in [1.82, 2.24) is 10.2 Å². The van der Waals surface area contributed by atoms with Gasteiger partial charge < -0.3 is 15.1 Å². The summed E-state index contributed by atoms with van der Waals surface area (Å²) in [6, 6.07) is 8.64. The van der Waals surface area contributed by atoms with Crippen LogP contribution in [0.4, 0.5) is 5.69 Å². The van der Waals surface area contributed by atoms with Crippen molar-refractivity contribution in [2.45, 2.75) is 12.8 Å². The monoisotopic (exact) mass is 400 g/mol. The molecule has 0 radical (unpaired) electrons. The van der Waals surface area contributed by atoms with Gasteiger partial charge in [0.2, 0.25) is 0 Å². The number of aliphatic imine (C=N–C) groups is 1. The van der Waals surface area contributed by atoms with Crippen LogP contribution >= 0.6 is 24.0 Å². The van der Waals surface area contributed by atoms with Gasteiger partial charge in [-0.05, 0) is 44.0 Å². The SMILES string of the molecule is CN=C(NCC1CCN(C)C1)N1CCc2ccccc21.I. The topological polar surface area (TPSA) is 30.9 Å². The zero-order chi connectivity index (χ0) is 13.9. The molecule has 0 bridgehead atoms. The highest BCUT2D eigenvalue weighted by molar-refractivity contribution is 14.0. The number of anilines is 1. The molecule has 0 spiro atoms. The van der Waals surface area contributed by atoms with E-state index in [2.05, 4.69) is 51.4 Å². The highest BCUT2D eigenvalue weighted by Gasteiger charge is 2.24. The number of hydrogen-bond donors (Lipinski definition) is 1. The molecule has 3 rings (SSSR count). The van der Waals surface area contributed by atoms with Crippen LogP contribution in [-0.4, -0.2) is 51.1 Å². The van der Waals surface area contributed by atoms with Crippen LogP contribution in [0.2, 0.25) is 0 Å².